The average Bonchev–Trinajstić information content (AvgIpc) is 2.97. The number of rotatable bonds is 2. The van der Waals surface area contributed by atoms with Gasteiger partial charge in [-0.3, -0.25) is 5.10 Å². The van der Waals surface area contributed by atoms with Crippen LogP contribution in [0.2, 0.25) is 5.02 Å². The van der Waals surface area contributed by atoms with Crippen LogP contribution in [-0.2, 0) is 0 Å². The molecular formula is C12H9ClN4S. The van der Waals surface area contributed by atoms with Gasteiger partial charge in [0.25, 0.3) is 0 Å². The molecule has 0 spiro atoms. The molecule has 1 aromatic carbocycles. The second-order valence-corrected chi connectivity index (χ2v) is 5.41. The highest BCUT2D eigenvalue weighted by Crippen LogP contribution is 2.32. The molecule has 0 atom stereocenters. The van der Waals surface area contributed by atoms with Crippen molar-refractivity contribution >= 4 is 22.9 Å². The number of aromatic nitrogens is 4. The average molecular weight is 277 g/mol. The van der Waals surface area contributed by atoms with Crippen LogP contribution in [0.15, 0.2) is 30.6 Å². The summed E-state index contributed by atoms with van der Waals surface area (Å²) in [6.45, 7) is 2.04. The summed E-state index contributed by atoms with van der Waals surface area (Å²) in [5.41, 5.74) is 1.95. The monoisotopic (exact) mass is 276 g/mol. The predicted octanol–water partition coefficient (Wildman–Crippen LogP) is 3.56. The molecule has 4 nitrogen and oxygen atoms in total. The molecule has 0 aliphatic heterocycles. The van der Waals surface area contributed by atoms with Crippen LogP contribution >= 0.6 is 22.9 Å². The van der Waals surface area contributed by atoms with E-state index in [1.807, 2.05) is 31.2 Å². The van der Waals surface area contributed by atoms with Gasteiger partial charge in [-0.05, 0) is 19.1 Å². The summed E-state index contributed by atoms with van der Waals surface area (Å²) in [6.07, 6.45) is 1.48. The third kappa shape index (κ3) is 2.02. The van der Waals surface area contributed by atoms with Gasteiger partial charge < -0.3 is 0 Å². The third-order valence-corrected chi connectivity index (χ3v) is 3.72. The lowest BCUT2D eigenvalue weighted by Crippen LogP contribution is -1.82. The number of aromatic amines is 1. The van der Waals surface area contributed by atoms with Gasteiger partial charge in [-0.15, -0.1) is 11.3 Å². The molecule has 2 heterocycles. The highest BCUT2D eigenvalue weighted by atomic mass is 35.5. The van der Waals surface area contributed by atoms with E-state index in [4.69, 9.17) is 11.6 Å². The Bertz CT molecular complexity index is 675. The van der Waals surface area contributed by atoms with Crippen molar-refractivity contribution in [3.8, 4) is 22.1 Å². The predicted molar refractivity (Wildman–Crippen MR) is 72.7 cm³/mol. The SMILES string of the molecule is Cc1sc(-c2ncn[nH]2)nc1-c1cccc(Cl)c1. The first-order valence-electron chi connectivity index (χ1n) is 5.33. The molecule has 18 heavy (non-hydrogen) atoms. The maximum Gasteiger partial charge on any atom is 0.184 e. The molecule has 1 N–H and O–H groups in total. The second-order valence-electron chi connectivity index (χ2n) is 3.77. The Morgan fingerprint density at radius 2 is 2.22 bits per heavy atom. The van der Waals surface area contributed by atoms with Gasteiger partial charge in [0.05, 0.1) is 5.69 Å². The largest absolute Gasteiger partial charge is 0.257 e. The zero-order valence-electron chi connectivity index (χ0n) is 9.51. The van der Waals surface area contributed by atoms with Gasteiger partial charge in [0, 0.05) is 15.5 Å². The van der Waals surface area contributed by atoms with Gasteiger partial charge >= 0.3 is 0 Å². The van der Waals surface area contributed by atoms with Crippen LogP contribution in [-0.4, -0.2) is 20.2 Å². The van der Waals surface area contributed by atoms with Gasteiger partial charge in [-0.2, -0.15) is 5.10 Å². The van der Waals surface area contributed by atoms with Gasteiger partial charge in [0.15, 0.2) is 10.8 Å². The molecule has 0 saturated carbocycles. The molecule has 0 saturated heterocycles. The van der Waals surface area contributed by atoms with E-state index in [9.17, 15) is 0 Å². The number of thiazole rings is 1. The van der Waals surface area contributed by atoms with Crippen molar-refractivity contribution in [1.82, 2.24) is 20.2 Å². The van der Waals surface area contributed by atoms with Crippen molar-refractivity contribution in [2.24, 2.45) is 0 Å². The Morgan fingerprint density at radius 1 is 1.33 bits per heavy atom. The minimum absolute atomic E-state index is 0.691. The molecule has 2 aromatic heterocycles. The fourth-order valence-electron chi connectivity index (χ4n) is 1.71. The quantitative estimate of drug-likeness (QED) is 0.779. The maximum atomic E-state index is 6.00. The number of nitrogens with one attached hydrogen (secondary N) is 1. The molecule has 0 aliphatic rings. The van der Waals surface area contributed by atoms with Crippen molar-refractivity contribution in [3.05, 3.63) is 40.5 Å². The summed E-state index contributed by atoms with van der Waals surface area (Å²) >= 11 is 7.59. The third-order valence-electron chi connectivity index (χ3n) is 2.51. The molecule has 0 fully saturated rings. The summed E-state index contributed by atoms with van der Waals surface area (Å²) in [5, 5.41) is 8.19. The first kappa shape index (κ1) is 11.4. The summed E-state index contributed by atoms with van der Waals surface area (Å²) < 4.78 is 0. The maximum absolute atomic E-state index is 6.00. The van der Waals surface area contributed by atoms with Crippen LogP contribution in [0.5, 0.6) is 0 Å². The van der Waals surface area contributed by atoms with Gasteiger partial charge in [-0.1, -0.05) is 23.7 Å². The summed E-state index contributed by atoms with van der Waals surface area (Å²) in [7, 11) is 0. The van der Waals surface area contributed by atoms with E-state index in [0.29, 0.717) is 10.8 Å². The fourth-order valence-corrected chi connectivity index (χ4v) is 2.78. The Morgan fingerprint density at radius 3 is 2.94 bits per heavy atom. The van der Waals surface area contributed by atoms with Crippen LogP contribution in [0.3, 0.4) is 0 Å². The number of halogens is 1. The van der Waals surface area contributed by atoms with Crippen molar-refractivity contribution < 1.29 is 0 Å². The van der Waals surface area contributed by atoms with E-state index in [0.717, 1.165) is 21.1 Å². The molecule has 0 radical (unpaired) electrons. The minimum atomic E-state index is 0.691. The van der Waals surface area contributed by atoms with E-state index in [1.54, 1.807) is 11.3 Å². The van der Waals surface area contributed by atoms with Crippen molar-refractivity contribution in [1.29, 1.82) is 0 Å². The lowest BCUT2D eigenvalue weighted by atomic mass is 10.1. The van der Waals surface area contributed by atoms with E-state index >= 15 is 0 Å². The molecule has 90 valence electrons. The molecular weight excluding hydrogens is 268 g/mol. The lowest BCUT2D eigenvalue weighted by molar-refractivity contribution is 1.09. The van der Waals surface area contributed by atoms with E-state index < -0.39 is 0 Å². The van der Waals surface area contributed by atoms with Gasteiger partial charge in [-0.25, -0.2) is 9.97 Å². The molecule has 0 bridgehead atoms. The summed E-state index contributed by atoms with van der Waals surface area (Å²) in [5.74, 6) is 0.691. The van der Waals surface area contributed by atoms with Crippen LogP contribution in [0.25, 0.3) is 22.1 Å². The van der Waals surface area contributed by atoms with E-state index in [1.165, 1.54) is 6.33 Å². The highest BCUT2D eigenvalue weighted by molar-refractivity contribution is 7.15. The number of hydrogen-bond donors (Lipinski definition) is 1. The number of nitrogens with zero attached hydrogens (tertiary/aromatic N) is 3. The zero-order valence-corrected chi connectivity index (χ0v) is 11.1. The zero-order chi connectivity index (χ0) is 12.5. The van der Waals surface area contributed by atoms with Crippen LogP contribution in [0.1, 0.15) is 4.88 Å². The molecule has 0 aliphatic carbocycles. The van der Waals surface area contributed by atoms with Gasteiger partial charge in [0.2, 0.25) is 0 Å². The van der Waals surface area contributed by atoms with Crippen LogP contribution < -0.4 is 0 Å². The van der Waals surface area contributed by atoms with Crippen LogP contribution in [0, 0.1) is 6.92 Å². The fraction of sp³-hybridized carbons (Fsp3) is 0.0833. The van der Waals surface area contributed by atoms with Crippen molar-refractivity contribution in [2.75, 3.05) is 0 Å². The Hall–Kier alpha value is -1.72. The second kappa shape index (κ2) is 4.51. The summed E-state index contributed by atoms with van der Waals surface area (Å²) in [4.78, 5) is 9.83. The normalized spacial score (nSPS) is 10.8. The van der Waals surface area contributed by atoms with Crippen LogP contribution in [0.4, 0.5) is 0 Å². The Kier molecular flexibility index (Phi) is 2.85. The molecule has 3 aromatic rings. The van der Waals surface area contributed by atoms with Gasteiger partial charge in [0.1, 0.15) is 6.33 Å². The number of aryl methyl sites for hydroxylation is 1. The Labute approximate surface area is 113 Å². The molecule has 0 unspecified atom stereocenters. The Balaban J connectivity index is 2.09. The topological polar surface area (TPSA) is 54.5 Å². The minimum Gasteiger partial charge on any atom is -0.257 e. The highest BCUT2D eigenvalue weighted by Gasteiger charge is 2.13. The first-order chi connectivity index (χ1) is 8.74. The number of benzene rings is 1. The molecule has 6 heteroatoms. The molecule has 3 rings (SSSR count). The smallest absolute Gasteiger partial charge is 0.184 e. The van der Waals surface area contributed by atoms with Crippen molar-refractivity contribution in [2.45, 2.75) is 6.92 Å². The summed E-state index contributed by atoms with van der Waals surface area (Å²) in [6, 6.07) is 7.68. The first-order valence-corrected chi connectivity index (χ1v) is 6.52. The number of hydrogen-bond acceptors (Lipinski definition) is 4. The lowest BCUT2D eigenvalue weighted by Gasteiger charge is -1.98. The van der Waals surface area contributed by atoms with E-state index in [-0.39, 0.29) is 0 Å². The number of H-pyrrole nitrogens is 1. The molecule has 0 amide bonds. The standard InChI is InChI=1S/C12H9ClN4S/c1-7-10(8-3-2-4-9(13)5-8)16-12(18-7)11-14-6-15-17-11/h2-6H,1H3,(H,14,15,17). The van der Waals surface area contributed by atoms with Crippen molar-refractivity contribution in [3.63, 3.8) is 0 Å². The van der Waals surface area contributed by atoms with E-state index in [2.05, 4.69) is 20.2 Å².